The van der Waals surface area contributed by atoms with Gasteiger partial charge in [-0.15, -0.1) is 0 Å². The van der Waals surface area contributed by atoms with Gasteiger partial charge >= 0.3 is 0 Å². The Bertz CT molecular complexity index is 333. The predicted octanol–water partition coefficient (Wildman–Crippen LogP) is 3.15. The van der Waals surface area contributed by atoms with Crippen LogP contribution in [0.1, 0.15) is 24.8 Å². The van der Waals surface area contributed by atoms with Gasteiger partial charge in [-0.25, -0.2) is 0 Å². The van der Waals surface area contributed by atoms with E-state index in [1.54, 1.807) is 0 Å². The highest BCUT2D eigenvalue weighted by atomic mass is 79.9. The van der Waals surface area contributed by atoms with Crippen molar-refractivity contribution in [2.75, 3.05) is 13.7 Å². The first-order valence-electron chi connectivity index (χ1n) is 6.31. The number of ether oxygens (including phenoxy) is 1. The van der Waals surface area contributed by atoms with Crippen molar-refractivity contribution in [2.45, 2.75) is 37.8 Å². The third-order valence-corrected chi connectivity index (χ3v) is 3.90. The molecule has 1 heterocycles. The van der Waals surface area contributed by atoms with E-state index in [4.69, 9.17) is 4.74 Å². The number of likely N-dealkylation sites (N-methyl/N-ethyl adjacent to an activating group) is 1. The maximum absolute atomic E-state index is 5.69. The summed E-state index contributed by atoms with van der Waals surface area (Å²) in [5.74, 6) is 0. The number of hydrogen-bond donors (Lipinski definition) is 1. The highest BCUT2D eigenvalue weighted by Gasteiger charge is 2.19. The number of hydrogen-bond acceptors (Lipinski definition) is 2. The van der Waals surface area contributed by atoms with Crippen LogP contribution in [0.5, 0.6) is 0 Å². The second kappa shape index (κ2) is 6.53. The summed E-state index contributed by atoms with van der Waals surface area (Å²) < 4.78 is 6.83. The molecule has 0 aliphatic carbocycles. The van der Waals surface area contributed by atoms with E-state index in [0.29, 0.717) is 12.1 Å². The SMILES string of the molecule is CNC(Cc1ccc(Br)cc1)CC1CCCO1. The zero-order valence-corrected chi connectivity index (χ0v) is 11.9. The lowest BCUT2D eigenvalue weighted by Crippen LogP contribution is -2.31. The fraction of sp³-hybridized carbons (Fsp3) is 0.571. The van der Waals surface area contributed by atoms with Gasteiger partial charge in [0.1, 0.15) is 0 Å². The molecule has 0 radical (unpaired) electrons. The van der Waals surface area contributed by atoms with Crippen LogP contribution >= 0.6 is 15.9 Å². The Hall–Kier alpha value is -0.380. The largest absolute Gasteiger partial charge is 0.378 e. The Balaban J connectivity index is 1.87. The highest BCUT2D eigenvalue weighted by Crippen LogP contribution is 2.19. The van der Waals surface area contributed by atoms with Crippen LogP contribution in [0.25, 0.3) is 0 Å². The van der Waals surface area contributed by atoms with Crippen LogP contribution in [0, 0.1) is 0 Å². The van der Waals surface area contributed by atoms with Crippen LogP contribution in [0.3, 0.4) is 0 Å². The number of benzene rings is 1. The molecular weight excluding hydrogens is 278 g/mol. The van der Waals surface area contributed by atoms with Gasteiger partial charge in [0.05, 0.1) is 6.10 Å². The van der Waals surface area contributed by atoms with Crippen molar-refractivity contribution < 1.29 is 4.74 Å². The lowest BCUT2D eigenvalue weighted by molar-refractivity contribution is 0.0954. The van der Waals surface area contributed by atoms with E-state index in [1.807, 2.05) is 7.05 Å². The van der Waals surface area contributed by atoms with Crippen LogP contribution in [0.2, 0.25) is 0 Å². The minimum atomic E-state index is 0.461. The fourth-order valence-electron chi connectivity index (χ4n) is 2.36. The quantitative estimate of drug-likeness (QED) is 0.901. The molecule has 1 aromatic carbocycles. The van der Waals surface area contributed by atoms with Gasteiger partial charge in [0, 0.05) is 17.1 Å². The van der Waals surface area contributed by atoms with Crippen molar-refractivity contribution in [3.63, 3.8) is 0 Å². The fourth-order valence-corrected chi connectivity index (χ4v) is 2.62. The molecule has 1 aliphatic heterocycles. The summed E-state index contributed by atoms with van der Waals surface area (Å²) in [6.45, 7) is 0.944. The summed E-state index contributed by atoms with van der Waals surface area (Å²) in [6.07, 6.45) is 5.09. The van der Waals surface area contributed by atoms with E-state index in [2.05, 4.69) is 45.5 Å². The number of rotatable bonds is 5. The summed E-state index contributed by atoms with van der Waals surface area (Å²) in [4.78, 5) is 0. The maximum atomic E-state index is 5.69. The second-order valence-electron chi connectivity index (χ2n) is 4.69. The molecule has 2 nitrogen and oxygen atoms in total. The molecule has 0 amide bonds. The third kappa shape index (κ3) is 4.09. The topological polar surface area (TPSA) is 21.3 Å². The Labute approximate surface area is 112 Å². The molecule has 3 heteroatoms. The standard InChI is InChI=1S/C14H20BrNO/c1-16-13(10-14-3-2-8-17-14)9-11-4-6-12(15)7-5-11/h4-7,13-14,16H,2-3,8-10H2,1H3. The van der Waals surface area contributed by atoms with E-state index in [0.717, 1.165) is 23.9 Å². The first-order chi connectivity index (χ1) is 8.28. The zero-order valence-electron chi connectivity index (χ0n) is 10.3. The summed E-state index contributed by atoms with van der Waals surface area (Å²) in [6, 6.07) is 9.09. The van der Waals surface area contributed by atoms with E-state index in [1.165, 1.54) is 18.4 Å². The molecule has 2 atom stereocenters. The van der Waals surface area contributed by atoms with E-state index >= 15 is 0 Å². The molecule has 2 rings (SSSR count). The van der Waals surface area contributed by atoms with Crippen molar-refractivity contribution in [2.24, 2.45) is 0 Å². The summed E-state index contributed by atoms with van der Waals surface area (Å²) in [7, 11) is 2.04. The Morgan fingerprint density at radius 2 is 2.18 bits per heavy atom. The van der Waals surface area contributed by atoms with Crippen LogP contribution in [-0.4, -0.2) is 25.8 Å². The predicted molar refractivity (Wildman–Crippen MR) is 74.3 cm³/mol. The van der Waals surface area contributed by atoms with Gasteiger partial charge in [0.15, 0.2) is 0 Å². The minimum absolute atomic E-state index is 0.461. The molecule has 94 valence electrons. The molecule has 0 bridgehead atoms. The van der Waals surface area contributed by atoms with E-state index in [-0.39, 0.29) is 0 Å². The van der Waals surface area contributed by atoms with Crippen LogP contribution in [0.4, 0.5) is 0 Å². The van der Waals surface area contributed by atoms with Gasteiger partial charge in [-0.1, -0.05) is 28.1 Å². The van der Waals surface area contributed by atoms with Crippen molar-refractivity contribution in [3.8, 4) is 0 Å². The molecular formula is C14H20BrNO. The Morgan fingerprint density at radius 1 is 1.41 bits per heavy atom. The third-order valence-electron chi connectivity index (χ3n) is 3.38. The zero-order chi connectivity index (χ0) is 12.1. The molecule has 0 aromatic heterocycles. The van der Waals surface area contributed by atoms with E-state index in [9.17, 15) is 0 Å². The number of halogens is 1. The number of nitrogens with one attached hydrogen (secondary N) is 1. The first kappa shape index (κ1) is 13.1. The normalized spacial score (nSPS) is 21.6. The smallest absolute Gasteiger partial charge is 0.0590 e. The van der Waals surface area contributed by atoms with Gasteiger partial charge in [0.2, 0.25) is 0 Å². The molecule has 2 unspecified atom stereocenters. The lowest BCUT2D eigenvalue weighted by atomic mass is 9.99. The maximum Gasteiger partial charge on any atom is 0.0590 e. The second-order valence-corrected chi connectivity index (χ2v) is 5.60. The van der Waals surface area contributed by atoms with Gasteiger partial charge < -0.3 is 10.1 Å². The monoisotopic (exact) mass is 297 g/mol. The summed E-state index contributed by atoms with van der Waals surface area (Å²) >= 11 is 3.46. The Morgan fingerprint density at radius 3 is 2.76 bits per heavy atom. The molecule has 17 heavy (non-hydrogen) atoms. The van der Waals surface area contributed by atoms with Gasteiger partial charge in [-0.3, -0.25) is 0 Å². The summed E-state index contributed by atoms with van der Waals surface area (Å²) in [5, 5.41) is 3.40. The van der Waals surface area contributed by atoms with Crippen LogP contribution in [0.15, 0.2) is 28.7 Å². The van der Waals surface area contributed by atoms with Crippen LogP contribution in [-0.2, 0) is 11.2 Å². The summed E-state index contributed by atoms with van der Waals surface area (Å²) in [5.41, 5.74) is 1.38. The van der Waals surface area contributed by atoms with Crippen LogP contribution < -0.4 is 5.32 Å². The Kier molecular flexibility index (Phi) is 5.01. The van der Waals surface area contributed by atoms with Crippen molar-refractivity contribution in [1.29, 1.82) is 0 Å². The van der Waals surface area contributed by atoms with Gasteiger partial charge in [-0.05, 0) is 50.4 Å². The molecule has 1 saturated heterocycles. The van der Waals surface area contributed by atoms with Gasteiger partial charge in [-0.2, -0.15) is 0 Å². The minimum Gasteiger partial charge on any atom is -0.378 e. The molecule has 0 saturated carbocycles. The molecule has 1 N–H and O–H groups in total. The first-order valence-corrected chi connectivity index (χ1v) is 7.10. The highest BCUT2D eigenvalue weighted by molar-refractivity contribution is 9.10. The lowest BCUT2D eigenvalue weighted by Gasteiger charge is -2.20. The van der Waals surface area contributed by atoms with E-state index < -0.39 is 0 Å². The average Bonchev–Trinajstić information content (AvgIpc) is 2.84. The molecule has 1 aromatic rings. The van der Waals surface area contributed by atoms with Crippen molar-refractivity contribution in [1.82, 2.24) is 5.32 Å². The van der Waals surface area contributed by atoms with Crippen molar-refractivity contribution in [3.05, 3.63) is 34.3 Å². The van der Waals surface area contributed by atoms with Crippen molar-refractivity contribution >= 4 is 15.9 Å². The molecule has 1 fully saturated rings. The molecule has 0 spiro atoms. The van der Waals surface area contributed by atoms with Gasteiger partial charge in [0.25, 0.3) is 0 Å². The average molecular weight is 298 g/mol. The molecule has 1 aliphatic rings.